The van der Waals surface area contributed by atoms with Crippen molar-refractivity contribution in [3.8, 4) is 11.5 Å². The van der Waals surface area contributed by atoms with Crippen molar-refractivity contribution in [2.45, 2.75) is 6.54 Å². The van der Waals surface area contributed by atoms with Gasteiger partial charge in [0.25, 0.3) is 0 Å². The van der Waals surface area contributed by atoms with Crippen LogP contribution in [0.4, 0.5) is 0 Å². The van der Waals surface area contributed by atoms with Gasteiger partial charge in [0.15, 0.2) is 0 Å². The average molecular weight is 374 g/mol. The lowest BCUT2D eigenvalue weighted by Crippen LogP contribution is -2.24. The molecule has 0 spiro atoms. The predicted molar refractivity (Wildman–Crippen MR) is 102 cm³/mol. The van der Waals surface area contributed by atoms with Crippen molar-refractivity contribution in [1.82, 2.24) is 4.90 Å². The van der Waals surface area contributed by atoms with Gasteiger partial charge in [-0.3, -0.25) is 4.90 Å². The number of fused-ring (bicyclic) bond motifs is 1. The van der Waals surface area contributed by atoms with Crippen LogP contribution >= 0.6 is 11.6 Å². The first-order chi connectivity index (χ1) is 12.5. The molecule has 0 aliphatic heterocycles. The highest BCUT2D eigenvalue weighted by atomic mass is 35.5. The SMILES string of the molecule is COc1ccc2c(CN(C)CCOc3ccc(Cl)cc3)cc(=O)oc2c1. The fraction of sp³-hybridized carbons (Fsp3) is 0.250. The van der Waals surface area contributed by atoms with Gasteiger partial charge in [0, 0.05) is 35.6 Å². The van der Waals surface area contributed by atoms with Crippen LogP contribution in [0, 0.1) is 0 Å². The number of nitrogens with zero attached hydrogens (tertiary/aromatic N) is 1. The standard InChI is InChI=1S/C20H20ClNO4/c1-22(9-10-25-16-5-3-15(21)4-6-16)13-14-11-20(23)26-19-12-17(24-2)7-8-18(14)19/h3-8,11-12H,9-10,13H2,1-2H3. The van der Waals surface area contributed by atoms with E-state index in [1.165, 1.54) is 6.07 Å². The highest BCUT2D eigenvalue weighted by molar-refractivity contribution is 6.30. The zero-order valence-corrected chi connectivity index (χ0v) is 15.5. The Hall–Kier alpha value is -2.50. The van der Waals surface area contributed by atoms with E-state index in [-0.39, 0.29) is 5.63 Å². The van der Waals surface area contributed by atoms with Crippen LogP contribution in [0.5, 0.6) is 11.5 Å². The van der Waals surface area contributed by atoms with Gasteiger partial charge in [-0.15, -0.1) is 0 Å². The molecule has 1 aromatic heterocycles. The van der Waals surface area contributed by atoms with E-state index in [0.29, 0.717) is 36.1 Å². The van der Waals surface area contributed by atoms with Crippen molar-refractivity contribution in [1.29, 1.82) is 0 Å². The van der Waals surface area contributed by atoms with Gasteiger partial charge in [-0.05, 0) is 49.0 Å². The first-order valence-corrected chi connectivity index (χ1v) is 8.60. The molecule has 0 aliphatic carbocycles. The Balaban J connectivity index is 1.66. The van der Waals surface area contributed by atoms with Gasteiger partial charge in [-0.1, -0.05) is 11.6 Å². The number of benzene rings is 2. The number of halogens is 1. The first kappa shape index (κ1) is 18.3. The molecule has 0 aliphatic rings. The van der Waals surface area contributed by atoms with Gasteiger partial charge >= 0.3 is 5.63 Å². The molecule has 0 N–H and O–H groups in total. The van der Waals surface area contributed by atoms with Crippen molar-refractivity contribution in [2.75, 3.05) is 27.3 Å². The summed E-state index contributed by atoms with van der Waals surface area (Å²) in [5.41, 5.74) is 1.07. The second-order valence-electron chi connectivity index (χ2n) is 5.99. The van der Waals surface area contributed by atoms with Crippen LogP contribution < -0.4 is 15.1 Å². The third-order valence-corrected chi connectivity index (χ3v) is 4.28. The van der Waals surface area contributed by atoms with E-state index in [2.05, 4.69) is 4.90 Å². The van der Waals surface area contributed by atoms with Crippen LogP contribution in [0.1, 0.15) is 5.56 Å². The maximum absolute atomic E-state index is 11.9. The molecule has 1 heterocycles. The molecule has 0 saturated heterocycles. The molecule has 0 bridgehead atoms. The van der Waals surface area contributed by atoms with E-state index in [0.717, 1.165) is 16.7 Å². The Labute approximate surface area is 156 Å². The minimum atomic E-state index is -0.369. The lowest BCUT2D eigenvalue weighted by atomic mass is 10.1. The minimum absolute atomic E-state index is 0.369. The molecule has 0 radical (unpaired) electrons. The summed E-state index contributed by atoms with van der Waals surface area (Å²) in [6.45, 7) is 1.85. The molecule has 0 atom stereocenters. The van der Waals surface area contributed by atoms with Crippen LogP contribution in [0.25, 0.3) is 11.0 Å². The number of ether oxygens (including phenoxy) is 2. The van der Waals surface area contributed by atoms with Crippen LogP contribution in [0.15, 0.2) is 57.7 Å². The molecule has 0 unspecified atom stereocenters. The van der Waals surface area contributed by atoms with Crippen molar-refractivity contribution in [2.24, 2.45) is 0 Å². The highest BCUT2D eigenvalue weighted by Crippen LogP contribution is 2.23. The van der Waals surface area contributed by atoms with Gasteiger partial charge in [0.2, 0.25) is 0 Å². The van der Waals surface area contributed by atoms with Crippen LogP contribution in [0.2, 0.25) is 5.02 Å². The van der Waals surface area contributed by atoms with E-state index >= 15 is 0 Å². The topological polar surface area (TPSA) is 51.9 Å². The molecule has 3 rings (SSSR count). The fourth-order valence-electron chi connectivity index (χ4n) is 2.69. The molecule has 0 amide bonds. The zero-order chi connectivity index (χ0) is 18.5. The third-order valence-electron chi connectivity index (χ3n) is 4.03. The highest BCUT2D eigenvalue weighted by Gasteiger charge is 2.09. The molecule has 2 aromatic carbocycles. The molecule has 5 nitrogen and oxygen atoms in total. The van der Waals surface area contributed by atoms with Gasteiger partial charge in [-0.2, -0.15) is 0 Å². The molecular weight excluding hydrogens is 354 g/mol. The van der Waals surface area contributed by atoms with E-state index in [1.807, 2.05) is 31.3 Å². The summed E-state index contributed by atoms with van der Waals surface area (Å²) >= 11 is 5.86. The zero-order valence-electron chi connectivity index (χ0n) is 14.7. The second kappa shape index (κ2) is 8.25. The normalized spacial score (nSPS) is 11.1. The van der Waals surface area contributed by atoms with Crippen molar-refractivity contribution in [3.05, 3.63) is 69.5 Å². The van der Waals surface area contributed by atoms with Crippen LogP contribution in [-0.2, 0) is 6.54 Å². The summed E-state index contributed by atoms with van der Waals surface area (Å²) in [6, 6.07) is 14.3. The maximum Gasteiger partial charge on any atom is 0.336 e. The maximum atomic E-state index is 11.9. The minimum Gasteiger partial charge on any atom is -0.497 e. The molecule has 26 heavy (non-hydrogen) atoms. The monoisotopic (exact) mass is 373 g/mol. The summed E-state index contributed by atoms with van der Waals surface area (Å²) in [7, 11) is 3.56. The second-order valence-corrected chi connectivity index (χ2v) is 6.43. The number of likely N-dealkylation sites (N-methyl/N-ethyl adjacent to an activating group) is 1. The van der Waals surface area contributed by atoms with E-state index < -0.39 is 0 Å². The number of hydrogen-bond acceptors (Lipinski definition) is 5. The molecule has 6 heteroatoms. The van der Waals surface area contributed by atoms with Crippen LogP contribution in [0.3, 0.4) is 0 Å². The summed E-state index contributed by atoms with van der Waals surface area (Å²) in [5, 5.41) is 1.58. The Morgan fingerprint density at radius 2 is 1.81 bits per heavy atom. The van der Waals surface area contributed by atoms with E-state index in [1.54, 1.807) is 25.3 Å². The number of methoxy groups -OCH3 is 1. The van der Waals surface area contributed by atoms with E-state index in [4.69, 9.17) is 25.5 Å². The number of rotatable bonds is 7. The van der Waals surface area contributed by atoms with Crippen molar-refractivity contribution < 1.29 is 13.9 Å². The summed E-state index contributed by atoms with van der Waals surface area (Å²) in [4.78, 5) is 13.9. The summed E-state index contributed by atoms with van der Waals surface area (Å²) < 4.78 is 16.2. The Bertz CT molecular complexity index is 937. The van der Waals surface area contributed by atoms with Gasteiger partial charge in [0.1, 0.15) is 23.7 Å². The molecule has 0 fully saturated rings. The summed E-state index contributed by atoms with van der Waals surface area (Å²) in [6.07, 6.45) is 0. The van der Waals surface area contributed by atoms with Gasteiger partial charge < -0.3 is 13.9 Å². The Morgan fingerprint density at radius 3 is 2.54 bits per heavy atom. The molecule has 3 aromatic rings. The smallest absolute Gasteiger partial charge is 0.336 e. The largest absolute Gasteiger partial charge is 0.497 e. The summed E-state index contributed by atoms with van der Waals surface area (Å²) in [5.74, 6) is 1.43. The Kier molecular flexibility index (Phi) is 5.81. The first-order valence-electron chi connectivity index (χ1n) is 8.23. The molecular formula is C20H20ClNO4. The molecule has 136 valence electrons. The lowest BCUT2D eigenvalue weighted by molar-refractivity contribution is 0.233. The van der Waals surface area contributed by atoms with Gasteiger partial charge in [0.05, 0.1) is 7.11 Å². The fourth-order valence-corrected chi connectivity index (χ4v) is 2.81. The average Bonchev–Trinajstić information content (AvgIpc) is 2.62. The number of hydrogen-bond donors (Lipinski definition) is 0. The Morgan fingerprint density at radius 1 is 1.08 bits per heavy atom. The lowest BCUT2D eigenvalue weighted by Gasteiger charge is -2.18. The third kappa shape index (κ3) is 4.56. The molecule has 0 saturated carbocycles. The van der Waals surface area contributed by atoms with Crippen molar-refractivity contribution in [3.63, 3.8) is 0 Å². The predicted octanol–water partition coefficient (Wildman–Crippen LogP) is 3.97. The van der Waals surface area contributed by atoms with Crippen LogP contribution in [-0.4, -0.2) is 32.2 Å². The van der Waals surface area contributed by atoms with Crippen molar-refractivity contribution >= 4 is 22.6 Å². The van der Waals surface area contributed by atoms with Gasteiger partial charge in [-0.25, -0.2) is 4.79 Å². The van der Waals surface area contributed by atoms with E-state index in [9.17, 15) is 4.79 Å². The quantitative estimate of drug-likeness (QED) is 0.586.